The first-order chi connectivity index (χ1) is 14.5. The fourth-order valence-corrected chi connectivity index (χ4v) is 5.58. The minimum Gasteiger partial charge on any atom is -0.497 e. The summed E-state index contributed by atoms with van der Waals surface area (Å²) in [6.45, 7) is 5.19. The summed E-state index contributed by atoms with van der Waals surface area (Å²) in [5.74, 6) is -1.13. The highest BCUT2D eigenvalue weighted by molar-refractivity contribution is 7.89. The summed E-state index contributed by atoms with van der Waals surface area (Å²) in [7, 11) is -2.69. The van der Waals surface area contributed by atoms with E-state index in [2.05, 4.69) is 0 Å². The first-order valence-corrected chi connectivity index (χ1v) is 11.3. The molecule has 31 heavy (non-hydrogen) atoms. The predicted molar refractivity (Wildman–Crippen MR) is 114 cm³/mol. The van der Waals surface area contributed by atoms with Crippen molar-refractivity contribution in [1.29, 1.82) is 0 Å². The van der Waals surface area contributed by atoms with Crippen LogP contribution in [0.25, 0.3) is 0 Å². The number of rotatable bonds is 7. The number of carbonyl (C=O) groups excluding carboxylic acids is 2. The number of hydrogen-bond donors (Lipinski definition) is 0. The molecule has 2 aromatic rings. The summed E-state index contributed by atoms with van der Waals surface area (Å²) in [6.07, 6.45) is 0.114. The van der Waals surface area contributed by atoms with Crippen molar-refractivity contribution < 1.29 is 27.1 Å². The van der Waals surface area contributed by atoms with E-state index in [1.54, 1.807) is 45.0 Å². The second-order valence-electron chi connectivity index (χ2n) is 7.91. The number of benzene rings is 2. The number of carbonyl (C=O) groups is 2. The maximum atomic E-state index is 13.5. The third kappa shape index (κ3) is 4.20. The largest absolute Gasteiger partial charge is 0.497 e. The molecule has 1 aliphatic rings. The Morgan fingerprint density at radius 2 is 1.68 bits per heavy atom. The van der Waals surface area contributed by atoms with Crippen LogP contribution in [0.1, 0.15) is 33.6 Å². The second kappa shape index (κ2) is 8.39. The van der Waals surface area contributed by atoms with Gasteiger partial charge in [0.25, 0.3) is 5.91 Å². The molecule has 9 heteroatoms. The minimum atomic E-state index is -4.20. The lowest BCUT2D eigenvalue weighted by Gasteiger charge is -2.39. The molecule has 0 saturated carbocycles. The van der Waals surface area contributed by atoms with Gasteiger partial charge in [-0.05, 0) is 68.8 Å². The topological polar surface area (TPSA) is 84.0 Å². The van der Waals surface area contributed by atoms with Crippen LogP contribution in [0.5, 0.6) is 5.75 Å². The zero-order valence-corrected chi connectivity index (χ0v) is 18.6. The molecule has 0 spiro atoms. The Kier molecular flexibility index (Phi) is 6.20. The highest BCUT2D eigenvalue weighted by atomic mass is 32.2. The van der Waals surface area contributed by atoms with Crippen molar-refractivity contribution in [3.63, 3.8) is 0 Å². The number of sulfonamides is 1. The first kappa shape index (κ1) is 22.9. The molecular weight excluding hydrogens is 423 g/mol. The predicted octanol–water partition coefficient (Wildman–Crippen LogP) is 3.35. The second-order valence-corrected chi connectivity index (χ2v) is 9.72. The van der Waals surface area contributed by atoms with E-state index in [-0.39, 0.29) is 11.3 Å². The molecule has 7 nitrogen and oxygen atoms in total. The van der Waals surface area contributed by atoms with Crippen molar-refractivity contribution in [1.82, 2.24) is 4.31 Å². The van der Waals surface area contributed by atoms with Crippen LogP contribution in [-0.4, -0.2) is 43.2 Å². The molecule has 0 aromatic heterocycles. The third-order valence-corrected chi connectivity index (χ3v) is 7.70. The molecule has 0 aliphatic carbocycles. The van der Waals surface area contributed by atoms with Gasteiger partial charge in [-0.25, -0.2) is 17.7 Å². The molecule has 166 valence electrons. The minimum absolute atomic E-state index is 0.140. The Morgan fingerprint density at radius 1 is 1.10 bits per heavy atom. The number of halogens is 1. The average Bonchev–Trinajstić information content (AvgIpc) is 3.01. The zero-order valence-electron chi connectivity index (χ0n) is 17.8. The van der Waals surface area contributed by atoms with Gasteiger partial charge in [0.15, 0.2) is 0 Å². The highest BCUT2D eigenvalue weighted by Gasteiger charge is 2.51. The van der Waals surface area contributed by atoms with E-state index < -0.39 is 39.2 Å². The molecule has 1 atom stereocenters. The maximum Gasteiger partial charge on any atom is 0.252 e. The molecule has 0 radical (unpaired) electrons. The van der Waals surface area contributed by atoms with Gasteiger partial charge < -0.3 is 4.74 Å². The lowest BCUT2D eigenvalue weighted by atomic mass is 10.00. The van der Waals surface area contributed by atoms with Crippen LogP contribution < -0.4 is 9.64 Å². The van der Waals surface area contributed by atoms with Crippen molar-refractivity contribution >= 4 is 27.5 Å². The first-order valence-electron chi connectivity index (χ1n) is 9.84. The number of methoxy groups -OCH3 is 1. The SMILES string of the molecule is CCC(C)(C)N(C1CC(=O)N(c2ccc(OC)cc2)C1=O)S(=O)(=O)c1ccc(F)cc1. The number of nitrogens with zero attached hydrogens (tertiary/aromatic N) is 2. The summed E-state index contributed by atoms with van der Waals surface area (Å²) >= 11 is 0. The summed E-state index contributed by atoms with van der Waals surface area (Å²) in [6, 6.07) is 9.59. The van der Waals surface area contributed by atoms with E-state index in [1.165, 1.54) is 7.11 Å². The smallest absolute Gasteiger partial charge is 0.252 e. The van der Waals surface area contributed by atoms with Crippen LogP contribution >= 0.6 is 0 Å². The number of hydrogen-bond acceptors (Lipinski definition) is 5. The van der Waals surface area contributed by atoms with Crippen LogP contribution in [0.4, 0.5) is 10.1 Å². The number of ether oxygens (including phenoxy) is 1. The van der Waals surface area contributed by atoms with Gasteiger partial charge in [0.05, 0.1) is 24.1 Å². The molecule has 3 rings (SSSR count). The molecule has 0 N–H and O–H groups in total. The molecule has 1 heterocycles. The van der Waals surface area contributed by atoms with Gasteiger partial charge in [0.1, 0.15) is 17.6 Å². The van der Waals surface area contributed by atoms with E-state index >= 15 is 0 Å². The van der Waals surface area contributed by atoms with Gasteiger partial charge in [0, 0.05) is 5.54 Å². The Morgan fingerprint density at radius 3 is 2.19 bits per heavy atom. The molecule has 1 fully saturated rings. The lowest BCUT2D eigenvalue weighted by molar-refractivity contribution is -0.122. The Bertz CT molecular complexity index is 1080. The van der Waals surface area contributed by atoms with Gasteiger partial charge in [-0.2, -0.15) is 4.31 Å². The van der Waals surface area contributed by atoms with Crippen molar-refractivity contribution in [2.24, 2.45) is 0 Å². The van der Waals surface area contributed by atoms with Crippen LogP contribution in [0, 0.1) is 5.82 Å². The number of amides is 2. The normalized spacial score (nSPS) is 17.5. The summed E-state index contributed by atoms with van der Waals surface area (Å²) in [5.41, 5.74) is -0.629. The van der Waals surface area contributed by atoms with Gasteiger partial charge >= 0.3 is 0 Å². The van der Waals surface area contributed by atoms with E-state index in [0.29, 0.717) is 17.9 Å². The fraction of sp³-hybridized carbons (Fsp3) is 0.364. The number of imide groups is 1. The molecule has 0 bridgehead atoms. The van der Waals surface area contributed by atoms with Gasteiger partial charge in [0.2, 0.25) is 15.9 Å². The lowest BCUT2D eigenvalue weighted by Crippen LogP contribution is -2.55. The van der Waals surface area contributed by atoms with Crippen LogP contribution in [0.15, 0.2) is 53.4 Å². The van der Waals surface area contributed by atoms with Gasteiger partial charge in [-0.3, -0.25) is 9.59 Å². The molecule has 2 amide bonds. The van der Waals surface area contributed by atoms with Crippen LogP contribution in [0.3, 0.4) is 0 Å². The van der Waals surface area contributed by atoms with E-state index in [1.807, 2.05) is 0 Å². The molecule has 2 aromatic carbocycles. The molecular formula is C22H25FN2O5S. The Balaban J connectivity index is 2.05. The van der Waals surface area contributed by atoms with Crippen molar-refractivity contribution in [2.45, 2.75) is 50.1 Å². The fourth-order valence-electron chi connectivity index (χ4n) is 3.59. The monoisotopic (exact) mass is 448 g/mol. The standard InChI is InChI=1S/C22H25FN2O5S/c1-5-22(2,3)25(31(28,29)18-12-6-15(23)7-13-18)19-14-20(26)24(21(19)27)16-8-10-17(30-4)11-9-16/h6-13,19H,5,14H2,1-4H3. The highest BCUT2D eigenvalue weighted by Crippen LogP contribution is 2.36. The summed E-state index contributed by atoms with van der Waals surface area (Å²) in [4.78, 5) is 27.0. The molecule has 1 unspecified atom stereocenters. The quantitative estimate of drug-likeness (QED) is 0.607. The Hall–Kier alpha value is -2.78. The van der Waals surface area contributed by atoms with Gasteiger partial charge in [-0.15, -0.1) is 0 Å². The van der Waals surface area contributed by atoms with Crippen molar-refractivity contribution in [3.8, 4) is 5.75 Å². The summed E-state index contributed by atoms with van der Waals surface area (Å²) in [5, 5.41) is 0. The van der Waals surface area contributed by atoms with E-state index in [0.717, 1.165) is 33.5 Å². The number of anilines is 1. The van der Waals surface area contributed by atoms with E-state index in [4.69, 9.17) is 4.74 Å². The van der Waals surface area contributed by atoms with Crippen molar-refractivity contribution in [2.75, 3.05) is 12.0 Å². The van der Waals surface area contributed by atoms with Crippen LogP contribution in [0.2, 0.25) is 0 Å². The van der Waals surface area contributed by atoms with Crippen molar-refractivity contribution in [3.05, 3.63) is 54.3 Å². The Labute approximate surface area is 181 Å². The van der Waals surface area contributed by atoms with Gasteiger partial charge in [-0.1, -0.05) is 6.92 Å². The molecule has 1 aliphatic heterocycles. The van der Waals surface area contributed by atoms with Crippen LogP contribution in [-0.2, 0) is 19.6 Å². The third-order valence-electron chi connectivity index (χ3n) is 5.57. The van der Waals surface area contributed by atoms with E-state index in [9.17, 15) is 22.4 Å². The maximum absolute atomic E-state index is 13.5. The summed E-state index contributed by atoms with van der Waals surface area (Å²) < 4.78 is 46.6. The zero-order chi connectivity index (χ0) is 23.0. The molecule has 1 saturated heterocycles. The average molecular weight is 449 g/mol.